The summed E-state index contributed by atoms with van der Waals surface area (Å²) in [5, 5.41) is 0. The molecule has 0 amide bonds. The van der Waals surface area contributed by atoms with Crippen LogP contribution in [0, 0.1) is 12.7 Å². The van der Waals surface area contributed by atoms with Crippen molar-refractivity contribution in [3.63, 3.8) is 0 Å². The fraction of sp³-hybridized carbons (Fsp3) is 0.500. The fourth-order valence-corrected chi connectivity index (χ4v) is 2.62. The van der Waals surface area contributed by atoms with E-state index in [1.165, 1.54) is 23.9 Å². The van der Waals surface area contributed by atoms with E-state index in [0.717, 1.165) is 10.6 Å². The SMILES string of the molecule is COC(C)(C)CN(Cc1cc(C)ns1)c1ncc(F)cn1. The van der Waals surface area contributed by atoms with Crippen molar-refractivity contribution in [3.05, 3.63) is 34.8 Å². The lowest BCUT2D eigenvalue weighted by Gasteiger charge is -2.31. The molecule has 7 heteroatoms. The highest BCUT2D eigenvalue weighted by atomic mass is 32.1. The maximum atomic E-state index is 13.0. The van der Waals surface area contributed by atoms with Crippen molar-refractivity contribution in [1.29, 1.82) is 0 Å². The van der Waals surface area contributed by atoms with Crippen molar-refractivity contribution in [2.75, 3.05) is 18.6 Å². The third kappa shape index (κ3) is 4.44. The average Bonchev–Trinajstić information content (AvgIpc) is 2.84. The Morgan fingerprint density at radius 1 is 1.33 bits per heavy atom. The summed E-state index contributed by atoms with van der Waals surface area (Å²) in [5.41, 5.74) is 0.623. The molecule has 2 aromatic heterocycles. The van der Waals surface area contributed by atoms with Crippen LogP contribution in [-0.2, 0) is 11.3 Å². The lowest BCUT2D eigenvalue weighted by atomic mass is 10.1. The van der Waals surface area contributed by atoms with Gasteiger partial charge in [0.15, 0.2) is 5.82 Å². The van der Waals surface area contributed by atoms with E-state index in [0.29, 0.717) is 19.0 Å². The molecule has 0 saturated carbocycles. The van der Waals surface area contributed by atoms with Gasteiger partial charge in [0.2, 0.25) is 5.95 Å². The second kappa shape index (κ2) is 6.44. The van der Waals surface area contributed by atoms with E-state index in [-0.39, 0.29) is 5.60 Å². The van der Waals surface area contributed by atoms with Crippen LogP contribution in [0.5, 0.6) is 0 Å². The number of nitrogens with zero attached hydrogens (tertiary/aromatic N) is 4. The fourth-order valence-electron chi connectivity index (χ4n) is 1.87. The summed E-state index contributed by atoms with van der Waals surface area (Å²) in [7, 11) is 1.67. The molecule has 0 aromatic carbocycles. The molecule has 2 aromatic rings. The van der Waals surface area contributed by atoms with E-state index < -0.39 is 5.82 Å². The van der Waals surface area contributed by atoms with Crippen molar-refractivity contribution in [2.45, 2.75) is 32.9 Å². The van der Waals surface area contributed by atoms with E-state index >= 15 is 0 Å². The molecule has 5 nitrogen and oxygen atoms in total. The Morgan fingerprint density at radius 2 is 2.00 bits per heavy atom. The molecule has 0 atom stereocenters. The Bertz CT molecular complexity index is 585. The molecular weight excluding hydrogens is 291 g/mol. The summed E-state index contributed by atoms with van der Waals surface area (Å²) in [5.74, 6) is 0.0333. The Balaban J connectivity index is 2.23. The van der Waals surface area contributed by atoms with Gasteiger partial charge in [0, 0.05) is 18.5 Å². The van der Waals surface area contributed by atoms with Crippen molar-refractivity contribution in [1.82, 2.24) is 14.3 Å². The summed E-state index contributed by atoms with van der Waals surface area (Å²) in [6.07, 6.45) is 2.35. The number of hydrogen-bond acceptors (Lipinski definition) is 6. The first-order valence-corrected chi connectivity index (χ1v) is 7.37. The molecule has 21 heavy (non-hydrogen) atoms. The third-order valence-corrected chi connectivity index (χ3v) is 3.90. The molecule has 0 radical (unpaired) electrons. The molecular formula is C14H19FN4OS. The first-order valence-electron chi connectivity index (χ1n) is 6.59. The second-order valence-corrected chi connectivity index (χ2v) is 6.35. The monoisotopic (exact) mass is 310 g/mol. The number of ether oxygens (including phenoxy) is 1. The van der Waals surface area contributed by atoms with Crippen molar-refractivity contribution < 1.29 is 9.13 Å². The summed E-state index contributed by atoms with van der Waals surface area (Å²) >= 11 is 1.45. The Labute approximate surface area is 128 Å². The standard InChI is InChI=1S/C14H19FN4OS/c1-10-5-12(21-18-10)8-19(9-14(2,3)20-4)13-16-6-11(15)7-17-13/h5-7H,8-9H2,1-4H3. The molecule has 0 aliphatic carbocycles. The zero-order valence-electron chi connectivity index (χ0n) is 12.6. The summed E-state index contributed by atoms with van der Waals surface area (Å²) in [6, 6.07) is 2.03. The van der Waals surface area contributed by atoms with Crippen LogP contribution in [-0.4, -0.2) is 33.6 Å². The van der Waals surface area contributed by atoms with Crippen LogP contribution in [0.25, 0.3) is 0 Å². The summed E-state index contributed by atoms with van der Waals surface area (Å²) < 4.78 is 22.8. The van der Waals surface area contributed by atoms with Gasteiger partial charge in [-0.15, -0.1) is 0 Å². The van der Waals surface area contributed by atoms with Gasteiger partial charge < -0.3 is 9.64 Å². The maximum Gasteiger partial charge on any atom is 0.225 e. The van der Waals surface area contributed by atoms with Crippen molar-refractivity contribution in [2.24, 2.45) is 0 Å². The second-order valence-electron chi connectivity index (χ2n) is 5.46. The normalized spacial score (nSPS) is 11.7. The largest absolute Gasteiger partial charge is 0.377 e. The highest BCUT2D eigenvalue weighted by molar-refractivity contribution is 7.05. The molecule has 0 aliphatic heterocycles. The number of halogens is 1. The van der Waals surface area contributed by atoms with Crippen LogP contribution >= 0.6 is 11.5 Å². The molecule has 0 fully saturated rings. The van der Waals surface area contributed by atoms with Crippen molar-refractivity contribution in [3.8, 4) is 0 Å². The Kier molecular flexibility index (Phi) is 4.84. The van der Waals surface area contributed by atoms with E-state index in [9.17, 15) is 4.39 Å². The molecule has 0 bridgehead atoms. The van der Waals surface area contributed by atoms with Gasteiger partial charge in [-0.1, -0.05) is 0 Å². The molecule has 2 heterocycles. The molecule has 0 unspecified atom stereocenters. The highest BCUT2D eigenvalue weighted by Gasteiger charge is 2.23. The topological polar surface area (TPSA) is 51.1 Å². The van der Waals surface area contributed by atoms with Gasteiger partial charge in [-0.2, -0.15) is 4.37 Å². The molecule has 0 saturated heterocycles. The lowest BCUT2D eigenvalue weighted by Crippen LogP contribution is -2.40. The number of aryl methyl sites for hydroxylation is 1. The molecule has 114 valence electrons. The zero-order valence-corrected chi connectivity index (χ0v) is 13.4. The van der Waals surface area contributed by atoms with Gasteiger partial charge in [-0.25, -0.2) is 14.4 Å². The zero-order chi connectivity index (χ0) is 15.5. The van der Waals surface area contributed by atoms with E-state index in [1.807, 2.05) is 31.7 Å². The molecule has 0 aliphatic rings. The molecule has 0 N–H and O–H groups in total. The number of methoxy groups -OCH3 is 1. The number of hydrogen-bond donors (Lipinski definition) is 0. The molecule has 2 rings (SSSR count). The van der Waals surface area contributed by atoms with Crippen LogP contribution in [0.3, 0.4) is 0 Å². The minimum absolute atomic E-state index is 0.364. The Morgan fingerprint density at radius 3 is 2.52 bits per heavy atom. The van der Waals surface area contributed by atoms with E-state index in [4.69, 9.17) is 4.74 Å². The molecule has 0 spiro atoms. The van der Waals surface area contributed by atoms with Gasteiger partial charge in [-0.3, -0.25) is 0 Å². The minimum Gasteiger partial charge on any atom is -0.377 e. The van der Waals surface area contributed by atoms with Crippen LogP contribution in [0.15, 0.2) is 18.5 Å². The predicted molar refractivity (Wildman–Crippen MR) is 81.0 cm³/mol. The minimum atomic E-state index is -0.446. The van der Waals surface area contributed by atoms with Crippen LogP contribution in [0.2, 0.25) is 0 Å². The van der Waals surface area contributed by atoms with Crippen LogP contribution < -0.4 is 4.90 Å². The number of rotatable bonds is 6. The lowest BCUT2D eigenvalue weighted by molar-refractivity contribution is 0.0285. The predicted octanol–water partition coefficient (Wildman–Crippen LogP) is 2.81. The third-order valence-electron chi connectivity index (χ3n) is 3.04. The number of anilines is 1. The van der Waals surface area contributed by atoms with Crippen LogP contribution in [0.1, 0.15) is 24.4 Å². The quantitative estimate of drug-likeness (QED) is 0.821. The van der Waals surface area contributed by atoms with Gasteiger partial charge in [0.1, 0.15) is 0 Å². The summed E-state index contributed by atoms with van der Waals surface area (Å²) in [4.78, 5) is 11.2. The van der Waals surface area contributed by atoms with E-state index in [1.54, 1.807) is 7.11 Å². The van der Waals surface area contributed by atoms with Gasteiger partial charge in [0.25, 0.3) is 0 Å². The smallest absolute Gasteiger partial charge is 0.225 e. The van der Waals surface area contributed by atoms with Crippen molar-refractivity contribution >= 4 is 17.5 Å². The van der Waals surface area contributed by atoms with Gasteiger partial charge in [-0.05, 0) is 38.4 Å². The van der Waals surface area contributed by atoms with E-state index in [2.05, 4.69) is 14.3 Å². The van der Waals surface area contributed by atoms with Gasteiger partial charge >= 0.3 is 0 Å². The van der Waals surface area contributed by atoms with Crippen LogP contribution in [0.4, 0.5) is 10.3 Å². The first-order chi connectivity index (χ1) is 9.89. The Hall–Kier alpha value is -1.60. The average molecular weight is 310 g/mol. The first kappa shape index (κ1) is 15.8. The number of aromatic nitrogens is 3. The summed E-state index contributed by atoms with van der Waals surface area (Å²) in [6.45, 7) is 7.14. The van der Waals surface area contributed by atoms with Gasteiger partial charge in [0.05, 0.1) is 30.2 Å². The highest BCUT2D eigenvalue weighted by Crippen LogP contribution is 2.20. The maximum absolute atomic E-state index is 13.0.